The summed E-state index contributed by atoms with van der Waals surface area (Å²) in [5.74, 6) is -0.282. The number of halogens is 2. The number of carbonyl (C=O) groups is 1. The first kappa shape index (κ1) is 14.3. The van der Waals surface area contributed by atoms with Crippen molar-refractivity contribution in [2.45, 2.75) is 19.8 Å². The molecular formula is C14H18ClFN2O. The van der Waals surface area contributed by atoms with Crippen LogP contribution in [-0.2, 0) is 0 Å². The van der Waals surface area contributed by atoms with E-state index in [2.05, 4.69) is 10.6 Å². The van der Waals surface area contributed by atoms with E-state index in [1.54, 1.807) is 6.92 Å². The normalized spacial score (nSPS) is 19.2. The topological polar surface area (TPSA) is 41.1 Å². The van der Waals surface area contributed by atoms with E-state index >= 15 is 0 Å². The lowest BCUT2D eigenvalue weighted by atomic mass is 9.99. The molecule has 1 aromatic rings. The predicted octanol–water partition coefficient (Wildman–Crippen LogP) is 2.52. The van der Waals surface area contributed by atoms with Gasteiger partial charge in [0.25, 0.3) is 5.91 Å². The van der Waals surface area contributed by atoms with Crippen LogP contribution < -0.4 is 10.6 Å². The molecule has 0 saturated carbocycles. The molecule has 1 aliphatic heterocycles. The van der Waals surface area contributed by atoms with Crippen molar-refractivity contribution in [3.8, 4) is 0 Å². The minimum Gasteiger partial charge on any atom is -0.352 e. The molecular weight excluding hydrogens is 267 g/mol. The van der Waals surface area contributed by atoms with Gasteiger partial charge in [-0.2, -0.15) is 0 Å². The van der Waals surface area contributed by atoms with E-state index in [-0.39, 0.29) is 16.5 Å². The highest BCUT2D eigenvalue weighted by atomic mass is 35.5. The van der Waals surface area contributed by atoms with Gasteiger partial charge >= 0.3 is 0 Å². The summed E-state index contributed by atoms with van der Waals surface area (Å²) in [4.78, 5) is 12.0. The summed E-state index contributed by atoms with van der Waals surface area (Å²) >= 11 is 5.98. The highest BCUT2D eigenvalue weighted by Crippen LogP contribution is 2.20. The Morgan fingerprint density at radius 1 is 1.58 bits per heavy atom. The van der Waals surface area contributed by atoms with Gasteiger partial charge in [-0.25, -0.2) is 4.39 Å². The second-order valence-corrected chi connectivity index (χ2v) is 5.41. The van der Waals surface area contributed by atoms with Crippen LogP contribution in [0.25, 0.3) is 0 Å². The van der Waals surface area contributed by atoms with E-state index in [4.69, 9.17) is 11.6 Å². The van der Waals surface area contributed by atoms with Crippen molar-refractivity contribution >= 4 is 17.5 Å². The third kappa shape index (κ3) is 3.67. The van der Waals surface area contributed by atoms with E-state index in [0.29, 0.717) is 18.0 Å². The van der Waals surface area contributed by atoms with E-state index in [9.17, 15) is 9.18 Å². The maximum absolute atomic E-state index is 13.5. The molecule has 0 aromatic heterocycles. The number of carbonyl (C=O) groups excluding carboxylic acids is 1. The molecule has 2 rings (SSSR count). The third-order valence-electron chi connectivity index (χ3n) is 3.44. The molecule has 1 atom stereocenters. The second kappa shape index (κ2) is 6.35. The highest BCUT2D eigenvalue weighted by Gasteiger charge is 2.17. The van der Waals surface area contributed by atoms with Gasteiger partial charge in [0, 0.05) is 6.54 Å². The summed E-state index contributed by atoms with van der Waals surface area (Å²) in [5, 5.41) is 6.41. The molecule has 1 aliphatic rings. The molecule has 1 amide bonds. The number of nitrogens with one attached hydrogen (secondary N) is 2. The van der Waals surface area contributed by atoms with Crippen LogP contribution in [-0.4, -0.2) is 25.5 Å². The van der Waals surface area contributed by atoms with Crippen LogP contribution in [0.1, 0.15) is 28.8 Å². The molecule has 0 spiro atoms. The molecule has 2 N–H and O–H groups in total. The molecule has 0 radical (unpaired) electrons. The van der Waals surface area contributed by atoms with Crippen molar-refractivity contribution in [2.24, 2.45) is 5.92 Å². The minimum absolute atomic E-state index is 0.202. The molecule has 104 valence electrons. The average molecular weight is 285 g/mol. The highest BCUT2D eigenvalue weighted by molar-refractivity contribution is 6.33. The van der Waals surface area contributed by atoms with Crippen LogP contribution in [0.15, 0.2) is 12.1 Å². The monoisotopic (exact) mass is 284 g/mol. The second-order valence-electron chi connectivity index (χ2n) is 5.00. The van der Waals surface area contributed by atoms with Gasteiger partial charge in [0.2, 0.25) is 0 Å². The molecule has 5 heteroatoms. The van der Waals surface area contributed by atoms with Crippen molar-refractivity contribution in [1.82, 2.24) is 10.6 Å². The SMILES string of the molecule is Cc1cc(Cl)c(C(=O)NCC2CCCNC2)cc1F. The zero-order valence-corrected chi connectivity index (χ0v) is 11.7. The fourth-order valence-corrected chi connectivity index (χ4v) is 2.55. The van der Waals surface area contributed by atoms with Gasteiger partial charge in [0.15, 0.2) is 0 Å². The maximum Gasteiger partial charge on any atom is 0.252 e. The Bertz CT molecular complexity index is 473. The minimum atomic E-state index is -0.408. The van der Waals surface area contributed by atoms with Crippen LogP contribution in [0.3, 0.4) is 0 Å². The standard InChI is InChI=1S/C14H18ClFN2O/c1-9-5-12(15)11(6-13(9)16)14(19)18-8-10-3-2-4-17-7-10/h5-6,10,17H,2-4,7-8H2,1H3,(H,18,19). The number of hydrogen-bond acceptors (Lipinski definition) is 2. The average Bonchev–Trinajstić information content (AvgIpc) is 2.41. The Morgan fingerprint density at radius 2 is 2.37 bits per heavy atom. The molecule has 1 saturated heterocycles. The maximum atomic E-state index is 13.5. The third-order valence-corrected chi connectivity index (χ3v) is 3.76. The van der Waals surface area contributed by atoms with Gasteiger partial charge in [-0.05, 0) is 56.5 Å². The molecule has 3 nitrogen and oxygen atoms in total. The Kier molecular flexibility index (Phi) is 4.77. The summed E-state index contributed by atoms with van der Waals surface area (Å²) in [6, 6.07) is 2.68. The molecule has 0 bridgehead atoms. The summed E-state index contributed by atoms with van der Waals surface area (Å²) in [5.41, 5.74) is 0.645. The van der Waals surface area contributed by atoms with Crippen molar-refractivity contribution in [1.29, 1.82) is 0 Å². The lowest BCUT2D eigenvalue weighted by Gasteiger charge is -2.23. The number of amides is 1. The van der Waals surface area contributed by atoms with Gasteiger partial charge < -0.3 is 10.6 Å². The summed E-state index contributed by atoms with van der Waals surface area (Å²) in [6.07, 6.45) is 2.23. The van der Waals surface area contributed by atoms with Crippen LogP contribution in [0.5, 0.6) is 0 Å². The molecule has 1 unspecified atom stereocenters. The van der Waals surface area contributed by atoms with Crippen LogP contribution >= 0.6 is 11.6 Å². The molecule has 1 heterocycles. The zero-order chi connectivity index (χ0) is 13.8. The van der Waals surface area contributed by atoms with Crippen LogP contribution in [0.2, 0.25) is 5.02 Å². The van der Waals surface area contributed by atoms with Crippen molar-refractivity contribution < 1.29 is 9.18 Å². The van der Waals surface area contributed by atoms with Crippen molar-refractivity contribution in [3.05, 3.63) is 34.1 Å². The van der Waals surface area contributed by atoms with Gasteiger partial charge in [-0.3, -0.25) is 4.79 Å². The largest absolute Gasteiger partial charge is 0.352 e. The lowest BCUT2D eigenvalue weighted by molar-refractivity contribution is 0.0944. The van der Waals surface area contributed by atoms with E-state index in [1.165, 1.54) is 12.1 Å². The summed E-state index contributed by atoms with van der Waals surface area (Å²) in [6.45, 7) is 4.17. The summed E-state index contributed by atoms with van der Waals surface area (Å²) < 4.78 is 13.5. The quantitative estimate of drug-likeness (QED) is 0.895. The summed E-state index contributed by atoms with van der Waals surface area (Å²) in [7, 11) is 0. The fraction of sp³-hybridized carbons (Fsp3) is 0.500. The predicted molar refractivity (Wildman–Crippen MR) is 74.1 cm³/mol. The Labute approximate surface area is 117 Å². The number of benzene rings is 1. The van der Waals surface area contributed by atoms with Gasteiger partial charge in [-0.1, -0.05) is 11.6 Å². The molecule has 0 aliphatic carbocycles. The number of rotatable bonds is 3. The first-order valence-corrected chi connectivity index (χ1v) is 6.90. The smallest absolute Gasteiger partial charge is 0.252 e. The molecule has 19 heavy (non-hydrogen) atoms. The molecule has 1 aromatic carbocycles. The molecule has 1 fully saturated rings. The zero-order valence-electron chi connectivity index (χ0n) is 10.9. The van der Waals surface area contributed by atoms with Crippen molar-refractivity contribution in [2.75, 3.05) is 19.6 Å². The van der Waals surface area contributed by atoms with Crippen LogP contribution in [0, 0.1) is 18.7 Å². The Morgan fingerprint density at radius 3 is 3.05 bits per heavy atom. The first-order chi connectivity index (χ1) is 9.08. The van der Waals surface area contributed by atoms with E-state index in [1.807, 2.05) is 0 Å². The van der Waals surface area contributed by atoms with Crippen molar-refractivity contribution in [3.63, 3.8) is 0 Å². The van der Waals surface area contributed by atoms with Crippen LogP contribution in [0.4, 0.5) is 4.39 Å². The van der Waals surface area contributed by atoms with E-state index < -0.39 is 5.82 Å². The first-order valence-electron chi connectivity index (χ1n) is 6.52. The van der Waals surface area contributed by atoms with Gasteiger partial charge in [0.05, 0.1) is 10.6 Å². The number of hydrogen-bond donors (Lipinski definition) is 2. The van der Waals surface area contributed by atoms with Gasteiger partial charge in [0.1, 0.15) is 5.82 Å². The fourth-order valence-electron chi connectivity index (χ4n) is 2.25. The van der Waals surface area contributed by atoms with E-state index in [0.717, 1.165) is 25.9 Å². The number of piperidine rings is 1. The Hall–Kier alpha value is -1.13. The number of aryl methyl sites for hydroxylation is 1. The Balaban J connectivity index is 1.97. The lowest BCUT2D eigenvalue weighted by Crippen LogP contribution is -2.38. The van der Waals surface area contributed by atoms with Gasteiger partial charge in [-0.15, -0.1) is 0 Å².